The summed E-state index contributed by atoms with van der Waals surface area (Å²) in [6.07, 6.45) is 1.42. The molecule has 0 saturated heterocycles. The first kappa shape index (κ1) is 17.4. The number of rotatable bonds is 5. The van der Waals surface area contributed by atoms with E-state index in [0.29, 0.717) is 27.8 Å². The molecule has 0 heterocycles. The first-order valence-electron chi connectivity index (χ1n) is 7.04. The molecule has 2 aromatic carbocycles. The number of carbonyl (C=O) groups is 1. The van der Waals surface area contributed by atoms with Crippen LogP contribution in [-0.4, -0.2) is 19.7 Å². The second-order valence-corrected chi connectivity index (χ2v) is 5.43. The molecule has 0 unspecified atom stereocenters. The number of hydrogen-bond donors (Lipinski definition) is 0. The summed E-state index contributed by atoms with van der Waals surface area (Å²) in [5.41, 5.74) is 2.11. The Hall–Kier alpha value is -1.97. The monoisotopic (exact) mass is 350 g/mol. The Balaban J connectivity index is 2.55. The Morgan fingerprint density at radius 1 is 1.13 bits per heavy atom. The van der Waals surface area contributed by atoms with E-state index < -0.39 is 5.97 Å². The van der Waals surface area contributed by atoms with E-state index in [1.807, 2.05) is 30.3 Å². The Bertz CT molecular complexity index is 722. The molecule has 0 spiro atoms. The first-order chi connectivity index (χ1) is 11.1. The van der Waals surface area contributed by atoms with Crippen LogP contribution in [0.4, 0.5) is 0 Å². The van der Waals surface area contributed by atoms with Gasteiger partial charge in [-0.15, -0.1) is 0 Å². The fourth-order valence-corrected chi connectivity index (χ4v) is 2.50. The van der Waals surface area contributed by atoms with E-state index in [4.69, 9.17) is 32.7 Å². The lowest BCUT2D eigenvalue weighted by molar-refractivity contribution is -0.137. The molecule has 2 rings (SSSR count). The number of carbonyl (C=O) groups excluding carboxylic acids is 1. The molecule has 0 N–H and O–H groups in total. The Morgan fingerprint density at radius 3 is 2.43 bits per heavy atom. The van der Waals surface area contributed by atoms with E-state index in [0.717, 1.165) is 11.3 Å². The van der Waals surface area contributed by atoms with Gasteiger partial charge < -0.3 is 9.47 Å². The first-order valence-corrected chi connectivity index (χ1v) is 7.79. The zero-order chi connectivity index (χ0) is 16.8. The molecule has 120 valence electrons. The lowest BCUT2D eigenvalue weighted by Gasteiger charge is -2.12. The molecular formula is C18H16Cl2O3. The Morgan fingerprint density at radius 2 is 1.83 bits per heavy atom. The maximum Gasteiger partial charge on any atom is 0.331 e. The molecule has 0 saturated carbocycles. The van der Waals surface area contributed by atoms with Crippen LogP contribution >= 0.6 is 23.2 Å². The van der Waals surface area contributed by atoms with Gasteiger partial charge in [0.25, 0.3) is 0 Å². The van der Waals surface area contributed by atoms with Gasteiger partial charge in [-0.05, 0) is 36.3 Å². The summed E-state index contributed by atoms with van der Waals surface area (Å²) in [4.78, 5) is 11.9. The highest BCUT2D eigenvalue weighted by molar-refractivity contribution is 6.43. The van der Waals surface area contributed by atoms with E-state index in [1.165, 1.54) is 6.08 Å². The number of esters is 1. The van der Waals surface area contributed by atoms with Crippen molar-refractivity contribution in [2.45, 2.75) is 6.92 Å². The van der Waals surface area contributed by atoms with Gasteiger partial charge in [0, 0.05) is 11.6 Å². The van der Waals surface area contributed by atoms with E-state index in [1.54, 1.807) is 26.2 Å². The van der Waals surface area contributed by atoms with Crippen LogP contribution in [0, 0.1) is 0 Å². The molecule has 0 aliphatic heterocycles. The van der Waals surface area contributed by atoms with Crippen LogP contribution in [0.1, 0.15) is 18.1 Å². The van der Waals surface area contributed by atoms with Crippen LogP contribution in [0.3, 0.4) is 0 Å². The smallest absolute Gasteiger partial charge is 0.331 e. The zero-order valence-electron chi connectivity index (χ0n) is 12.8. The molecule has 0 radical (unpaired) electrons. The summed E-state index contributed by atoms with van der Waals surface area (Å²) in [5.74, 6) is 0.288. The van der Waals surface area contributed by atoms with Crippen molar-refractivity contribution < 1.29 is 14.3 Å². The topological polar surface area (TPSA) is 35.5 Å². The minimum Gasteiger partial charge on any atom is -0.497 e. The van der Waals surface area contributed by atoms with Crippen LogP contribution in [0.25, 0.3) is 5.57 Å². The quantitative estimate of drug-likeness (QED) is 0.562. The second kappa shape index (κ2) is 8.04. The maximum atomic E-state index is 11.9. The molecular weight excluding hydrogens is 335 g/mol. The molecule has 0 aliphatic carbocycles. The van der Waals surface area contributed by atoms with Crippen LogP contribution < -0.4 is 4.74 Å². The highest BCUT2D eigenvalue weighted by Crippen LogP contribution is 2.34. The lowest BCUT2D eigenvalue weighted by atomic mass is 9.97. The van der Waals surface area contributed by atoms with Crippen molar-refractivity contribution in [2.75, 3.05) is 13.7 Å². The molecule has 2 aromatic rings. The third-order valence-corrected chi connectivity index (χ3v) is 4.01. The van der Waals surface area contributed by atoms with Crippen molar-refractivity contribution >= 4 is 34.7 Å². The average molecular weight is 351 g/mol. The zero-order valence-corrected chi connectivity index (χ0v) is 14.3. The molecule has 0 amide bonds. The maximum absolute atomic E-state index is 11.9. The number of benzene rings is 2. The fraction of sp³-hybridized carbons (Fsp3) is 0.167. The van der Waals surface area contributed by atoms with Gasteiger partial charge in [-0.3, -0.25) is 0 Å². The van der Waals surface area contributed by atoms with Gasteiger partial charge in [0.2, 0.25) is 0 Å². The Kier molecular flexibility index (Phi) is 6.08. The highest BCUT2D eigenvalue weighted by atomic mass is 35.5. The van der Waals surface area contributed by atoms with Gasteiger partial charge >= 0.3 is 5.97 Å². The van der Waals surface area contributed by atoms with Crippen molar-refractivity contribution in [3.63, 3.8) is 0 Å². The minimum atomic E-state index is -0.436. The van der Waals surface area contributed by atoms with Crippen molar-refractivity contribution in [2.24, 2.45) is 0 Å². The summed E-state index contributed by atoms with van der Waals surface area (Å²) in [7, 11) is 1.60. The predicted molar refractivity (Wildman–Crippen MR) is 93.2 cm³/mol. The summed E-state index contributed by atoms with van der Waals surface area (Å²) in [5, 5.41) is 0.813. The largest absolute Gasteiger partial charge is 0.497 e. The molecule has 5 heteroatoms. The average Bonchev–Trinajstić information content (AvgIpc) is 2.56. The molecule has 3 nitrogen and oxygen atoms in total. The van der Waals surface area contributed by atoms with Crippen LogP contribution in [0.5, 0.6) is 5.75 Å². The summed E-state index contributed by atoms with van der Waals surface area (Å²) >= 11 is 12.4. The van der Waals surface area contributed by atoms with Crippen molar-refractivity contribution in [1.82, 2.24) is 0 Å². The van der Waals surface area contributed by atoms with Crippen LogP contribution in [0.2, 0.25) is 10.0 Å². The standard InChI is InChI=1S/C18H16Cl2O3/c1-3-23-17(21)11-15(12-7-9-13(22-2)10-8-12)14-5-4-6-16(19)18(14)20/h4-11H,3H2,1-2H3. The van der Waals surface area contributed by atoms with E-state index in [-0.39, 0.29) is 0 Å². The van der Waals surface area contributed by atoms with Gasteiger partial charge in [-0.1, -0.05) is 47.5 Å². The third-order valence-electron chi connectivity index (χ3n) is 3.19. The normalized spacial score (nSPS) is 11.2. The minimum absolute atomic E-state index is 0.300. The summed E-state index contributed by atoms with van der Waals surface area (Å²) < 4.78 is 10.2. The molecule has 0 aromatic heterocycles. The van der Waals surface area contributed by atoms with Gasteiger partial charge in [-0.2, -0.15) is 0 Å². The number of halogens is 2. The Labute approximate surface area is 145 Å². The van der Waals surface area contributed by atoms with Crippen molar-refractivity contribution in [3.8, 4) is 5.75 Å². The number of methoxy groups -OCH3 is 1. The van der Waals surface area contributed by atoms with Gasteiger partial charge in [0.05, 0.1) is 23.8 Å². The number of hydrogen-bond acceptors (Lipinski definition) is 3. The van der Waals surface area contributed by atoms with E-state index in [2.05, 4.69) is 0 Å². The summed E-state index contributed by atoms with van der Waals surface area (Å²) in [6, 6.07) is 12.6. The highest BCUT2D eigenvalue weighted by Gasteiger charge is 2.14. The van der Waals surface area contributed by atoms with E-state index in [9.17, 15) is 4.79 Å². The molecule has 0 atom stereocenters. The SMILES string of the molecule is CCOC(=O)C=C(c1ccc(OC)cc1)c1cccc(Cl)c1Cl. The number of ether oxygens (including phenoxy) is 2. The fourth-order valence-electron chi connectivity index (χ4n) is 2.10. The summed E-state index contributed by atoms with van der Waals surface area (Å²) in [6.45, 7) is 2.06. The second-order valence-electron chi connectivity index (χ2n) is 4.64. The van der Waals surface area contributed by atoms with Gasteiger partial charge in [0.15, 0.2) is 0 Å². The van der Waals surface area contributed by atoms with Gasteiger partial charge in [0.1, 0.15) is 5.75 Å². The van der Waals surface area contributed by atoms with Crippen molar-refractivity contribution in [1.29, 1.82) is 0 Å². The third kappa shape index (κ3) is 4.27. The molecule has 0 bridgehead atoms. The predicted octanol–water partition coefficient (Wildman–Crippen LogP) is 5.00. The van der Waals surface area contributed by atoms with Crippen LogP contribution in [-0.2, 0) is 9.53 Å². The van der Waals surface area contributed by atoms with E-state index >= 15 is 0 Å². The molecule has 23 heavy (non-hydrogen) atoms. The van der Waals surface area contributed by atoms with Gasteiger partial charge in [-0.25, -0.2) is 4.79 Å². The van der Waals surface area contributed by atoms with Crippen LogP contribution in [0.15, 0.2) is 48.5 Å². The lowest BCUT2D eigenvalue weighted by Crippen LogP contribution is -2.02. The molecule has 0 fully saturated rings. The van der Waals surface area contributed by atoms with Crippen molar-refractivity contribution in [3.05, 3.63) is 69.7 Å². The molecule has 0 aliphatic rings.